The van der Waals surface area contributed by atoms with Crippen LogP contribution in [0.4, 0.5) is 0 Å². The molecule has 1 rings (SSSR count). The van der Waals surface area contributed by atoms with Gasteiger partial charge in [0, 0.05) is 35.8 Å². The fourth-order valence-corrected chi connectivity index (χ4v) is 1.62. The third kappa shape index (κ3) is 2.55. The Morgan fingerprint density at radius 3 is 1.92 bits per heavy atom. The van der Waals surface area contributed by atoms with Crippen molar-refractivity contribution >= 4 is 50.5 Å². The van der Waals surface area contributed by atoms with Crippen LogP contribution in [0.2, 0.25) is 0 Å². The Kier molecular flexibility index (Phi) is 5.58. The zero-order valence-electron chi connectivity index (χ0n) is 5.72. The summed E-state index contributed by atoms with van der Waals surface area (Å²) in [6.07, 6.45) is 0. The normalized spacial score (nSPS) is 9.33. The maximum absolute atomic E-state index is 9.20. The van der Waals surface area contributed by atoms with Gasteiger partial charge in [-0.05, 0) is 6.07 Å². The van der Waals surface area contributed by atoms with Crippen LogP contribution in [0.25, 0.3) is 0 Å². The van der Waals surface area contributed by atoms with E-state index < -0.39 is 0 Å². The molecule has 6 heteroatoms. The number of benzene rings is 1. The number of hydrogen-bond donors (Lipinski definition) is 5. The van der Waals surface area contributed by atoms with E-state index in [0.717, 1.165) is 0 Å². The van der Waals surface area contributed by atoms with Gasteiger partial charge in [-0.1, -0.05) is 0 Å². The molecule has 0 unspecified atom stereocenters. The zero-order chi connectivity index (χ0) is 8.59. The number of thiol groups is 4. The summed E-state index contributed by atoms with van der Waals surface area (Å²) in [6.45, 7) is 0. The molecular weight excluding hydrogens is 312 g/mol. The van der Waals surface area contributed by atoms with E-state index in [4.69, 9.17) is 0 Å². The molecule has 1 nitrogen and oxygen atoms in total. The van der Waals surface area contributed by atoms with Crippen molar-refractivity contribution in [3.05, 3.63) is 6.07 Å². The molecule has 66 valence electrons. The molecule has 1 N–H and O–H groups in total. The molecule has 0 bridgehead atoms. The molecular formula is C6H6MoOS4. The first-order valence-electron chi connectivity index (χ1n) is 2.70. The van der Waals surface area contributed by atoms with Gasteiger partial charge in [0.15, 0.2) is 0 Å². The summed E-state index contributed by atoms with van der Waals surface area (Å²) in [7, 11) is 0. The Hall–Kier alpha value is 1.11. The molecule has 1 aromatic carbocycles. The van der Waals surface area contributed by atoms with Gasteiger partial charge in [-0.3, -0.25) is 0 Å². The monoisotopic (exact) mass is 320 g/mol. The molecule has 0 saturated heterocycles. The Morgan fingerprint density at radius 2 is 1.42 bits per heavy atom. The maximum Gasteiger partial charge on any atom is 0.131 e. The quantitative estimate of drug-likeness (QED) is 0.368. The average Bonchev–Trinajstić information content (AvgIpc) is 1.97. The van der Waals surface area contributed by atoms with Gasteiger partial charge in [0.1, 0.15) is 5.75 Å². The Morgan fingerprint density at radius 1 is 0.917 bits per heavy atom. The van der Waals surface area contributed by atoms with Gasteiger partial charge >= 0.3 is 0 Å². The van der Waals surface area contributed by atoms with Gasteiger partial charge in [-0.2, -0.15) is 0 Å². The molecule has 12 heavy (non-hydrogen) atoms. The molecule has 1 aromatic rings. The van der Waals surface area contributed by atoms with E-state index in [1.165, 1.54) is 6.07 Å². The SMILES string of the molecule is Oc1cc(S)c(S)c(S)c1S.[Mo]. The van der Waals surface area contributed by atoms with E-state index >= 15 is 0 Å². The first-order chi connectivity index (χ1) is 5.04. The van der Waals surface area contributed by atoms with Crippen molar-refractivity contribution < 1.29 is 26.2 Å². The molecule has 0 atom stereocenters. The molecule has 0 aliphatic heterocycles. The minimum absolute atomic E-state index is 0. The minimum atomic E-state index is 0. The van der Waals surface area contributed by atoms with Crippen LogP contribution < -0.4 is 0 Å². The van der Waals surface area contributed by atoms with E-state index in [1.807, 2.05) is 0 Å². The molecule has 0 heterocycles. The van der Waals surface area contributed by atoms with E-state index in [0.29, 0.717) is 19.6 Å². The van der Waals surface area contributed by atoms with E-state index in [2.05, 4.69) is 50.5 Å². The molecule has 0 spiro atoms. The van der Waals surface area contributed by atoms with Crippen molar-refractivity contribution in [3.8, 4) is 5.75 Å². The Bertz CT molecular complexity index is 276. The van der Waals surface area contributed by atoms with Crippen LogP contribution in [0, 0.1) is 0 Å². The van der Waals surface area contributed by atoms with Crippen LogP contribution in [0.5, 0.6) is 5.75 Å². The van der Waals surface area contributed by atoms with Gasteiger partial charge < -0.3 is 5.11 Å². The van der Waals surface area contributed by atoms with E-state index in [1.54, 1.807) is 0 Å². The summed E-state index contributed by atoms with van der Waals surface area (Å²) in [5.74, 6) is 0.0705. The van der Waals surface area contributed by atoms with Crippen molar-refractivity contribution in [2.24, 2.45) is 0 Å². The number of rotatable bonds is 0. The van der Waals surface area contributed by atoms with Crippen LogP contribution in [0.1, 0.15) is 0 Å². The van der Waals surface area contributed by atoms with Crippen molar-refractivity contribution in [1.82, 2.24) is 0 Å². The van der Waals surface area contributed by atoms with Crippen LogP contribution in [0.15, 0.2) is 25.6 Å². The van der Waals surface area contributed by atoms with Crippen molar-refractivity contribution in [1.29, 1.82) is 0 Å². The second-order valence-corrected chi connectivity index (χ2v) is 3.78. The summed E-state index contributed by atoms with van der Waals surface area (Å²) < 4.78 is 0. The average molecular weight is 318 g/mol. The number of hydrogen-bond acceptors (Lipinski definition) is 5. The minimum Gasteiger partial charge on any atom is -0.507 e. The van der Waals surface area contributed by atoms with Crippen LogP contribution in [-0.4, -0.2) is 5.11 Å². The number of aromatic hydroxyl groups is 1. The summed E-state index contributed by atoms with van der Waals surface area (Å²) in [5.41, 5.74) is 0. The Balaban J connectivity index is 0.00000121. The van der Waals surface area contributed by atoms with Crippen molar-refractivity contribution in [2.75, 3.05) is 0 Å². The fourth-order valence-electron chi connectivity index (χ4n) is 0.621. The van der Waals surface area contributed by atoms with Crippen molar-refractivity contribution in [2.45, 2.75) is 19.6 Å². The first kappa shape index (κ1) is 13.1. The molecule has 0 aliphatic rings. The zero-order valence-corrected chi connectivity index (χ0v) is 11.3. The second-order valence-electron chi connectivity index (χ2n) is 1.96. The van der Waals surface area contributed by atoms with Gasteiger partial charge in [0.25, 0.3) is 0 Å². The molecule has 0 fully saturated rings. The molecule has 0 saturated carbocycles. The van der Waals surface area contributed by atoms with Gasteiger partial charge in [0.2, 0.25) is 0 Å². The smallest absolute Gasteiger partial charge is 0.131 e. The predicted octanol–water partition coefficient (Wildman–Crippen LogP) is 2.54. The predicted molar refractivity (Wildman–Crippen MR) is 57.1 cm³/mol. The van der Waals surface area contributed by atoms with E-state index in [-0.39, 0.29) is 26.8 Å². The summed E-state index contributed by atoms with van der Waals surface area (Å²) >= 11 is 16.3. The van der Waals surface area contributed by atoms with Gasteiger partial charge in [-0.15, -0.1) is 50.5 Å². The van der Waals surface area contributed by atoms with Crippen LogP contribution in [0.3, 0.4) is 0 Å². The number of phenols is 1. The van der Waals surface area contributed by atoms with Gasteiger partial charge in [-0.25, -0.2) is 0 Å². The number of phenolic OH excluding ortho intramolecular Hbond substituents is 1. The standard InChI is InChI=1S/C6H6OS4.Mo/c7-2-1-3(8)5(10)6(11)4(2)9;/h1,7-11H;. The third-order valence-electron chi connectivity index (χ3n) is 1.21. The fraction of sp³-hybridized carbons (Fsp3) is 0. The second kappa shape index (κ2) is 5.10. The maximum atomic E-state index is 9.20. The molecule has 0 amide bonds. The molecule has 0 aromatic heterocycles. The Labute approximate surface area is 107 Å². The largest absolute Gasteiger partial charge is 0.507 e. The molecule has 0 aliphatic carbocycles. The first-order valence-corrected chi connectivity index (χ1v) is 4.48. The van der Waals surface area contributed by atoms with E-state index in [9.17, 15) is 5.11 Å². The summed E-state index contributed by atoms with van der Waals surface area (Å²) in [5, 5.41) is 9.20. The van der Waals surface area contributed by atoms with Crippen LogP contribution >= 0.6 is 50.5 Å². The third-order valence-corrected chi connectivity index (χ3v) is 3.45. The molecule has 0 radical (unpaired) electrons. The van der Waals surface area contributed by atoms with Crippen molar-refractivity contribution in [3.63, 3.8) is 0 Å². The summed E-state index contributed by atoms with van der Waals surface area (Å²) in [6, 6.07) is 1.48. The summed E-state index contributed by atoms with van der Waals surface area (Å²) in [4.78, 5) is 2.19. The topological polar surface area (TPSA) is 20.2 Å². The van der Waals surface area contributed by atoms with Gasteiger partial charge in [0.05, 0.1) is 4.90 Å². The van der Waals surface area contributed by atoms with Crippen LogP contribution in [-0.2, 0) is 21.1 Å².